The first-order valence-electron chi connectivity index (χ1n) is 9.58. The lowest BCUT2D eigenvalue weighted by molar-refractivity contribution is -0.116. The van der Waals surface area contributed by atoms with Crippen LogP contribution in [0.25, 0.3) is 21.3 Å². The summed E-state index contributed by atoms with van der Waals surface area (Å²) in [5, 5.41) is 5.84. The Balaban J connectivity index is 1.65. The lowest BCUT2D eigenvalue weighted by Crippen LogP contribution is -2.28. The number of aryl methyl sites for hydroxylation is 2. The van der Waals surface area contributed by atoms with Gasteiger partial charge in [0, 0.05) is 21.7 Å². The van der Waals surface area contributed by atoms with Gasteiger partial charge in [0.25, 0.3) is 5.56 Å². The number of thiophene rings is 1. The van der Waals surface area contributed by atoms with Crippen LogP contribution in [-0.4, -0.2) is 15.5 Å². The fourth-order valence-corrected chi connectivity index (χ4v) is 4.36. The summed E-state index contributed by atoms with van der Waals surface area (Å²) in [6.45, 7) is 3.86. The van der Waals surface area contributed by atoms with Gasteiger partial charge in [-0.05, 0) is 42.2 Å². The van der Waals surface area contributed by atoms with Crippen molar-refractivity contribution in [3.05, 3.63) is 80.7 Å². The Kier molecular flexibility index (Phi) is 5.70. The minimum Gasteiger partial charge on any atom is -0.324 e. The summed E-state index contributed by atoms with van der Waals surface area (Å²) in [6, 6.07) is 13.5. The normalized spacial score (nSPS) is 11.0. The van der Waals surface area contributed by atoms with Crippen molar-refractivity contribution >= 4 is 44.7 Å². The van der Waals surface area contributed by atoms with Crippen molar-refractivity contribution in [2.24, 2.45) is 0 Å². The van der Waals surface area contributed by atoms with Gasteiger partial charge in [-0.25, -0.2) is 4.98 Å². The van der Waals surface area contributed by atoms with Gasteiger partial charge in [-0.2, -0.15) is 0 Å². The molecule has 1 amide bonds. The van der Waals surface area contributed by atoms with Crippen molar-refractivity contribution < 1.29 is 4.79 Å². The molecule has 7 heteroatoms. The van der Waals surface area contributed by atoms with E-state index in [1.54, 1.807) is 12.1 Å². The molecule has 0 spiro atoms. The first-order chi connectivity index (χ1) is 14.5. The van der Waals surface area contributed by atoms with Crippen molar-refractivity contribution in [2.45, 2.75) is 26.8 Å². The average Bonchev–Trinajstić information content (AvgIpc) is 3.18. The molecule has 0 unspecified atom stereocenters. The van der Waals surface area contributed by atoms with Crippen molar-refractivity contribution in [2.75, 3.05) is 5.32 Å². The quantitative estimate of drug-likeness (QED) is 0.461. The van der Waals surface area contributed by atoms with E-state index in [9.17, 15) is 9.59 Å². The van der Waals surface area contributed by atoms with Gasteiger partial charge in [0.15, 0.2) is 0 Å². The van der Waals surface area contributed by atoms with Gasteiger partial charge in [-0.15, -0.1) is 11.3 Å². The van der Waals surface area contributed by atoms with Crippen LogP contribution in [0.5, 0.6) is 0 Å². The highest BCUT2D eigenvalue weighted by Gasteiger charge is 2.15. The van der Waals surface area contributed by atoms with Gasteiger partial charge in [0.05, 0.1) is 11.7 Å². The summed E-state index contributed by atoms with van der Waals surface area (Å²) < 4.78 is 1.34. The number of aromatic nitrogens is 2. The second-order valence-corrected chi connectivity index (χ2v) is 8.36. The van der Waals surface area contributed by atoms with Crippen molar-refractivity contribution in [3.63, 3.8) is 0 Å². The number of nitrogens with one attached hydrogen (secondary N) is 1. The average molecular weight is 438 g/mol. The monoisotopic (exact) mass is 437 g/mol. The molecule has 5 nitrogen and oxygen atoms in total. The summed E-state index contributed by atoms with van der Waals surface area (Å²) in [5.41, 5.74) is 4.34. The maximum absolute atomic E-state index is 13.1. The van der Waals surface area contributed by atoms with Crippen molar-refractivity contribution in [1.82, 2.24) is 9.55 Å². The summed E-state index contributed by atoms with van der Waals surface area (Å²) in [4.78, 5) is 30.8. The lowest BCUT2D eigenvalue weighted by atomic mass is 10.0. The molecule has 0 saturated carbocycles. The molecule has 2 aromatic heterocycles. The maximum Gasteiger partial charge on any atom is 0.263 e. The Morgan fingerprint density at radius 2 is 1.97 bits per heavy atom. The van der Waals surface area contributed by atoms with E-state index >= 15 is 0 Å². The fraction of sp³-hybridized carbons (Fsp3) is 0.174. The molecule has 152 valence electrons. The lowest BCUT2D eigenvalue weighted by Gasteiger charge is -2.10. The highest BCUT2D eigenvalue weighted by atomic mass is 35.5. The number of fused-ring (bicyclic) bond motifs is 1. The van der Waals surface area contributed by atoms with Gasteiger partial charge < -0.3 is 5.32 Å². The van der Waals surface area contributed by atoms with Crippen LogP contribution < -0.4 is 10.9 Å². The van der Waals surface area contributed by atoms with Crippen LogP contribution in [0.15, 0.2) is 59.0 Å². The van der Waals surface area contributed by atoms with E-state index in [0.29, 0.717) is 20.9 Å². The molecule has 0 atom stereocenters. The Hall–Kier alpha value is -2.96. The van der Waals surface area contributed by atoms with Gasteiger partial charge in [-0.3, -0.25) is 14.2 Å². The Morgan fingerprint density at radius 1 is 1.20 bits per heavy atom. The van der Waals surface area contributed by atoms with Crippen LogP contribution in [0.2, 0.25) is 5.02 Å². The van der Waals surface area contributed by atoms with Gasteiger partial charge in [0.2, 0.25) is 5.91 Å². The molecule has 0 saturated heterocycles. The number of carbonyl (C=O) groups is 1. The molecular weight excluding hydrogens is 418 g/mol. The third-order valence-electron chi connectivity index (χ3n) is 5.02. The van der Waals surface area contributed by atoms with E-state index in [1.807, 2.05) is 30.5 Å². The largest absolute Gasteiger partial charge is 0.324 e. The Labute approximate surface area is 183 Å². The molecule has 0 aliphatic rings. The van der Waals surface area contributed by atoms with Crippen LogP contribution in [0.4, 0.5) is 5.69 Å². The molecule has 0 bridgehead atoms. The van der Waals surface area contributed by atoms with Crippen molar-refractivity contribution in [3.8, 4) is 11.1 Å². The molecule has 2 heterocycles. The number of hydrogen-bond donors (Lipinski definition) is 1. The van der Waals surface area contributed by atoms with E-state index in [1.165, 1.54) is 27.8 Å². The zero-order valence-corrected chi connectivity index (χ0v) is 18.2. The number of benzene rings is 2. The maximum atomic E-state index is 13.1. The number of hydrogen-bond acceptors (Lipinski definition) is 4. The van der Waals surface area contributed by atoms with E-state index in [2.05, 4.69) is 29.4 Å². The number of carbonyl (C=O) groups excluding carboxylic acids is 1. The molecule has 4 aromatic rings. The smallest absolute Gasteiger partial charge is 0.263 e. The molecule has 2 aromatic carbocycles. The van der Waals surface area contributed by atoms with Crippen LogP contribution in [-0.2, 0) is 17.8 Å². The molecule has 4 rings (SSSR count). The van der Waals surface area contributed by atoms with Crippen LogP contribution >= 0.6 is 22.9 Å². The standard InChI is InChI=1S/C23H20ClN3O2S/c1-3-15-5-7-16(8-6-15)18-12-30-22-21(18)23(29)27(13-25-22)11-20(28)26-19-10-17(24)9-4-14(19)2/h4-10,12-13H,3,11H2,1-2H3,(H,26,28). The molecule has 0 aliphatic carbocycles. The minimum atomic E-state index is -0.312. The minimum absolute atomic E-state index is 0.127. The van der Waals surface area contributed by atoms with Gasteiger partial charge in [0.1, 0.15) is 11.4 Å². The number of anilines is 1. The summed E-state index contributed by atoms with van der Waals surface area (Å²) >= 11 is 7.44. The number of halogens is 1. The van der Waals surface area contributed by atoms with E-state index in [4.69, 9.17) is 11.6 Å². The zero-order valence-electron chi connectivity index (χ0n) is 16.6. The highest BCUT2D eigenvalue weighted by molar-refractivity contribution is 7.17. The third kappa shape index (κ3) is 4.01. The van der Waals surface area contributed by atoms with Crippen molar-refractivity contribution in [1.29, 1.82) is 0 Å². The van der Waals surface area contributed by atoms with E-state index in [0.717, 1.165) is 23.1 Å². The predicted molar refractivity (Wildman–Crippen MR) is 124 cm³/mol. The number of nitrogens with zero attached hydrogens (tertiary/aromatic N) is 2. The SMILES string of the molecule is CCc1ccc(-c2csc3ncn(CC(=O)Nc4cc(Cl)ccc4C)c(=O)c23)cc1. The number of rotatable bonds is 5. The topological polar surface area (TPSA) is 64.0 Å². The Bertz CT molecular complexity index is 1290. The second kappa shape index (κ2) is 8.42. The Morgan fingerprint density at radius 3 is 2.70 bits per heavy atom. The summed E-state index contributed by atoms with van der Waals surface area (Å²) in [5.74, 6) is -0.312. The molecule has 30 heavy (non-hydrogen) atoms. The zero-order chi connectivity index (χ0) is 21.3. The second-order valence-electron chi connectivity index (χ2n) is 7.07. The molecule has 0 aliphatic heterocycles. The summed E-state index contributed by atoms with van der Waals surface area (Å²) in [7, 11) is 0. The molecule has 0 fully saturated rings. The first-order valence-corrected chi connectivity index (χ1v) is 10.8. The fourth-order valence-electron chi connectivity index (χ4n) is 3.29. The van der Waals surface area contributed by atoms with Crippen LogP contribution in [0, 0.1) is 6.92 Å². The van der Waals surface area contributed by atoms with Crippen LogP contribution in [0.3, 0.4) is 0 Å². The van der Waals surface area contributed by atoms with Gasteiger partial charge >= 0.3 is 0 Å². The molecule has 1 N–H and O–H groups in total. The first kappa shape index (κ1) is 20.3. The highest BCUT2D eigenvalue weighted by Crippen LogP contribution is 2.30. The number of amides is 1. The van der Waals surface area contributed by atoms with E-state index < -0.39 is 0 Å². The summed E-state index contributed by atoms with van der Waals surface area (Å²) in [6.07, 6.45) is 2.38. The van der Waals surface area contributed by atoms with E-state index in [-0.39, 0.29) is 18.0 Å². The molecule has 0 radical (unpaired) electrons. The molecular formula is C23H20ClN3O2S. The predicted octanol–water partition coefficient (Wildman–Crippen LogP) is 5.29. The third-order valence-corrected chi connectivity index (χ3v) is 6.14. The van der Waals surface area contributed by atoms with Gasteiger partial charge in [-0.1, -0.05) is 48.9 Å². The van der Waals surface area contributed by atoms with Crippen LogP contribution in [0.1, 0.15) is 18.1 Å².